The van der Waals surface area contributed by atoms with E-state index in [1.54, 1.807) is 0 Å². The third-order valence-corrected chi connectivity index (χ3v) is 6.48. The number of piperazine rings is 1. The molecule has 0 aliphatic carbocycles. The number of amides is 1. The van der Waals surface area contributed by atoms with E-state index < -0.39 is 0 Å². The van der Waals surface area contributed by atoms with Crippen molar-refractivity contribution in [3.8, 4) is 0 Å². The number of anilines is 1. The molecule has 0 spiro atoms. The normalized spacial score (nSPS) is 15.4. The van der Waals surface area contributed by atoms with E-state index in [0.717, 1.165) is 49.5 Å². The maximum absolute atomic E-state index is 12.6. The predicted octanol–water partition coefficient (Wildman–Crippen LogP) is 5.16. The molecule has 180 valence electrons. The number of carbonyl (C=O) groups is 1. The average molecular weight is 461 g/mol. The van der Waals surface area contributed by atoms with Crippen LogP contribution in [0.3, 0.4) is 0 Å². The van der Waals surface area contributed by atoms with Crippen molar-refractivity contribution in [2.75, 3.05) is 31.5 Å². The van der Waals surface area contributed by atoms with E-state index in [4.69, 9.17) is 4.42 Å². The molecular weight excluding hydrogens is 424 g/mol. The van der Waals surface area contributed by atoms with Gasteiger partial charge in [0.25, 0.3) is 5.91 Å². The van der Waals surface area contributed by atoms with Gasteiger partial charge < -0.3 is 9.73 Å². The van der Waals surface area contributed by atoms with Gasteiger partial charge >= 0.3 is 0 Å². The molecule has 6 heteroatoms. The highest BCUT2D eigenvalue weighted by atomic mass is 16.3. The highest BCUT2D eigenvalue weighted by Gasteiger charge is 2.21. The quantitative estimate of drug-likeness (QED) is 0.551. The minimum atomic E-state index is -0.244. The highest BCUT2D eigenvalue weighted by Crippen LogP contribution is 2.23. The summed E-state index contributed by atoms with van der Waals surface area (Å²) in [4.78, 5) is 21.9. The fourth-order valence-corrected chi connectivity index (χ4v) is 4.21. The summed E-state index contributed by atoms with van der Waals surface area (Å²) in [5.74, 6) is 0.336. The van der Waals surface area contributed by atoms with Crippen molar-refractivity contribution in [2.45, 2.75) is 53.1 Å². The van der Waals surface area contributed by atoms with Crippen LogP contribution in [0.4, 0.5) is 5.69 Å². The Morgan fingerprint density at radius 3 is 2.26 bits per heavy atom. The minimum absolute atomic E-state index is 0.185. The molecule has 2 heterocycles. The first-order valence-electron chi connectivity index (χ1n) is 12.0. The van der Waals surface area contributed by atoms with Crippen LogP contribution in [0.2, 0.25) is 0 Å². The van der Waals surface area contributed by atoms with Crippen LogP contribution in [0.5, 0.6) is 0 Å². The van der Waals surface area contributed by atoms with Crippen molar-refractivity contribution in [3.63, 3.8) is 0 Å². The van der Waals surface area contributed by atoms with Gasteiger partial charge in [-0.25, -0.2) is 4.98 Å². The highest BCUT2D eigenvalue weighted by molar-refractivity contribution is 6.03. The van der Waals surface area contributed by atoms with E-state index in [1.165, 1.54) is 17.4 Å². The monoisotopic (exact) mass is 460 g/mol. The molecule has 4 rings (SSSR count). The summed E-state index contributed by atoms with van der Waals surface area (Å²) in [6.07, 6.45) is 1.45. The van der Waals surface area contributed by atoms with Gasteiger partial charge in [0.05, 0.1) is 6.54 Å². The molecule has 3 aromatic rings. The largest absolute Gasteiger partial charge is 0.447 e. The van der Waals surface area contributed by atoms with E-state index in [-0.39, 0.29) is 11.3 Å². The summed E-state index contributed by atoms with van der Waals surface area (Å²) in [6.45, 7) is 16.2. The Hall–Kier alpha value is -2.96. The van der Waals surface area contributed by atoms with E-state index in [0.29, 0.717) is 18.1 Å². The zero-order valence-electron chi connectivity index (χ0n) is 21.0. The lowest BCUT2D eigenvalue weighted by Gasteiger charge is -2.34. The predicted molar refractivity (Wildman–Crippen MR) is 136 cm³/mol. The van der Waals surface area contributed by atoms with Gasteiger partial charge in [0.2, 0.25) is 5.89 Å². The molecule has 1 aliphatic heterocycles. The number of nitrogens with one attached hydrogen (secondary N) is 1. The number of aromatic nitrogens is 1. The topological polar surface area (TPSA) is 61.6 Å². The van der Waals surface area contributed by atoms with Crippen LogP contribution in [-0.4, -0.2) is 46.9 Å². The lowest BCUT2D eigenvalue weighted by molar-refractivity contribution is 0.102. The summed E-state index contributed by atoms with van der Waals surface area (Å²) in [5, 5.41) is 2.94. The molecule has 2 aromatic carbocycles. The molecule has 1 N–H and O–H groups in total. The van der Waals surface area contributed by atoms with Gasteiger partial charge in [-0.05, 0) is 47.6 Å². The number of hydrogen-bond donors (Lipinski definition) is 1. The molecule has 0 atom stereocenters. The van der Waals surface area contributed by atoms with Crippen molar-refractivity contribution in [1.82, 2.24) is 14.8 Å². The van der Waals surface area contributed by atoms with Crippen LogP contribution in [0.1, 0.15) is 59.4 Å². The van der Waals surface area contributed by atoms with Crippen molar-refractivity contribution in [2.24, 2.45) is 0 Å². The van der Waals surface area contributed by atoms with Crippen molar-refractivity contribution >= 4 is 11.6 Å². The summed E-state index contributed by atoms with van der Waals surface area (Å²) >= 11 is 0. The Morgan fingerprint density at radius 1 is 0.971 bits per heavy atom. The van der Waals surface area contributed by atoms with Crippen molar-refractivity contribution in [3.05, 3.63) is 82.6 Å². The van der Waals surface area contributed by atoms with Gasteiger partial charge in [-0.3, -0.25) is 14.6 Å². The SMILES string of the molecule is Cc1ccc(C)c(NC(=O)c2coc(CN3CCN(Cc4ccc(C(C)(C)C)cc4)CC3)n2)c1. The van der Waals surface area contributed by atoms with Gasteiger partial charge in [0, 0.05) is 38.4 Å². The summed E-state index contributed by atoms with van der Waals surface area (Å²) in [7, 11) is 0. The number of nitrogens with zero attached hydrogens (tertiary/aromatic N) is 3. The molecule has 0 radical (unpaired) electrons. The molecular formula is C28H36N4O2. The van der Waals surface area contributed by atoms with Gasteiger partial charge in [-0.1, -0.05) is 57.2 Å². The van der Waals surface area contributed by atoms with Crippen LogP contribution < -0.4 is 5.32 Å². The second kappa shape index (κ2) is 10.1. The lowest BCUT2D eigenvalue weighted by atomic mass is 9.87. The number of benzene rings is 2. The fraction of sp³-hybridized carbons (Fsp3) is 0.429. The van der Waals surface area contributed by atoms with Crippen molar-refractivity contribution < 1.29 is 9.21 Å². The second-order valence-corrected chi connectivity index (χ2v) is 10.4. The van der Waals surface area contributed by atoms with Crippen LogP contribution in [-0.2, 0) is 18.5 Å². The zero-order chi connectivity index (χ0) is 24.3. The van der Waals surface area contributed by atoms with E-state index in [1.807, 2.05) is 32.0 Å². The second-order valence-electron chi connectivity index (χ2n) is 10.4. The van der Waals surface area contributed by atoms with E-state index >= 15 is 0 Å². The minimum Gasteiger partial charge on any atom is -0.447 e. The first kappa shape index (κ1) is 24.2. The van der Waals surface area contributed by atoms with Crippen LogP contribution in [0, 0.1) is 13.8 Å². The molecule has 0 saturated carbocycles. The summed E-state index contributed by atoms with van der Waals surface area (Å²) in [5.41, 5.74) is 6.15. The molecule has 1 aromatic heterocycles. The smallest absolute Gasteiger partial charge is 0.277 e. The molecule has 1 amide bonds. The molecule has 6 nitrogen and oxygen atoms in total. The molecule has 1 saturated heterocycles. The van der Waals surface area contributed by atoms with Crippen LogP contribution >= 0.6 is 0 Å². The summed E-state index contributed by atoms with van der Waals surface area (Å²) in [6, 6.07) is 15.0. The maximum Gasteiger partial charge on any atom is 0.277 e. The van der Waals surface area contributed by atoms with Gasteiger partial charge in [0.15, 0.2) is 5.69 Å². The number of rotatable bonds is 6. The zero-order valence-corrected chi connectivity index (χ0v) is 21.0. The number of carbonyl (C=O) groups excluding carboxylic acids is 1. The molecule has 0 bridgehead atoms. The Bertz CT molecular complexity index is 1120. The average Bonchev–Trinajstić information content (AvgIpc) is 3.26. The Balaban J connectivity index is 1.26. The molecule has 34 heavy (non-hydrogen) atoms. The van der Waals surface area contributed by atoms with Gasteiger partial charge in [-0.15, -0.1) is 0 Å². The van der Waals surface area contributed by atoms with Crippen LogP contribution in [0.25, 0.3) is 0 Å². The van der Waals surface area contributed by atoms with Crippen molar-refractivity contribution in [1.29, 1.82) is 0 Å². The van der Waals surface area contributed by atoms with Gasteiger partial charge in [0.1, 0.15) is 6.26 Å². The van der Waals surface area contributed by atoms with Gasteiger partial charge in [-0.2, -0.15) is 0 Å². The number of aryl methyl sites for hydroxylation is 2. The molecule has 0 unspecified atom stereocenters. The Labute approximate surface area is 203 Å². The standard InChI is InChI=1S/C28H36N4O2/c1-20-6-7-21(2)24(16-20)30-27(33)25-19-34-26(29-25)18-32-14-12-31(13-15-32)17-22-8-10-23(11-9-22)28(3,4)5/h6-11,16,19H,12-15,17-18H2,1-5H3,(H,30,33). The van der Waals surface area contributed by atoms with E-state index in [9.17, 15) is 4.79 Å². The Kier molecular flexibility index (Phi) is 7.19. The fourth-order valence-electron chi connectivity index (χ4n) is 4.21. The lowest BCUT2D eigenvalue weighted by Crippen LogP contribution is -2.45. The van der Waals surface area contributed by atoms with E-state index in [2.05, 4.69) is 65.1 Å². The summed E-state index contributed by atoms with van der Waals surface area (Å²) < 4.78 is 5.61. The molecule has 1 aliphatic rings. The maximum atomic E-state index is 12.6. The number of oxazole rings is 1. The Morgan fingerprint density at radius 2 is 1.62 bits per heavy atom. The first-order chi connectivity index (χ1) is 16.2. The molecule has 1 fully saturated rings. The number of hydrogen-bond acceptors (Lipinski definition) is 5. The van der Waals surface area contributed by atoms with Crippen LogP contribution in [0.15, 0.2) is 53.1 Å². The first-order valence-corrected chi connectivity index (χ1v) is 12.0. The third-order valence-electron chi connectivity index (χ3n) is 6.48. The third kappa shape index (κ3) is 6.13.